The van der Waals surface area contributed by atoms with Crippen LogP contribution in [0.4, 0.5) is 0 Å². The number of pyridine rings is 1. The molecular formula is C19H26N2. The molecule has 1 N–H and O–H groups in total. The average molecular weight is 282 g/mol. The van der Waals surface area contributed by atoms with Gasteiger partial charge in [0, 0.05) is 6.20 Å². The van der Waals surface area contributed by atoms with Crippen LogP contribution in [-0.4, -0.2) is 11.5 Å². The summed E-state index contributed by atoms with van der Waals surface area (Å²) in [5, 5.41) is 3.65. The fourth-order valence-corrected chi connectivity index (χ4v) is 2.87. The van der Waals surface area contributed by atoms with Crippen molar-refractivity contribution in [3.8, 4) is 0 Å². The Morgan fingerprint density at radius 3 is 2.43 bits per heavy atom. The minimum Gasteiger partial charge on any atom is -0.308 e. The first-order chi connectivity index (χ1) is 10.1. The van der Waals surface area contributed by atoms with E-state index in [2.05, 4.69) is 62.3 Å². The van der Waals surface area contributed by atoms with Crippen LogP contribution in [0.15, 0.2) is 36.5 Å². The van der Waals surface area contributed by atoms with Gasteiger partial charge in [0.25, 0.3) is 0 Å². The van der Waals surface area contributed by atoms with Crippen molar-refractivity contribution < 1.29 is 0 Å². The van der Waals surface area contributed by atoms with Gasteiger partial charge in [0.15, 0.2) is 0 Å². The molecule has 0 radical (unpaired) electrons. The first-order valence-electron chi connectivity index (χ1n) is 7.82. The summed E-state index contributed by atoms with van der Waals surface area (Å²) in [6, 6.07) is 11.2. The Balaban J connectivity index is 2.26. The minimum atomic E-state index is 0.285. The van der Waals surface area contributed by atoms with Crippen molar-refractivity contribution in [3.63, 3.8) is 0 Å². The van der Waals surface area contributed by atoms with E-state index in [0.717, 1.165) is 19.4 Å². The molecular weight excluding hydrogens is 256 g/mol. The normalized spacial score (nSPS) is 12.4. The highest BCUT2D eigenvalue weighted by atomic mass is 14.9. The summed E-state index contributed by atoms with van der Waals surface area (Å²) in [6.07, 6.45) is 4.01. The fraction of sp³-hybridized carbons (Fsp3) is 0.421. The molecule has 21 heavy (non-hydrogen) atoms. The highest BCUT2D eigenvalue weighted by molar-refractivity contribution is 5.31. The predicted molar refractivity (Wildman–Crippen MR) is 89.6 cm³/mol. The first kappa shape index (κ1) is 15.7. The molecule has 1 atom stereocenters. The van der Waals surface area contributed by atoms with Crippen LogP contribution >= 0.6 is 0 Å². The van der Waals surface area contributed by atoms with Crippen LogP contribution in [0.25, 0.3) is 0 Å². The summed E-state index contributed by atoms with van der Waals surface area (Å²) in [5.74, 6) is 0. The number of nitrogens with one attached hydrogen (secondary N) is 1. The quantitative estimate of drug-likeness (QED) is 0.855. The van der Waals surface area contributed by atoms with E-state index < -0.39 is 0 Å². The smallest absolute Gasteiger partial charge is 0.0605 e. The Labute approximate surface area is 128 Å². The van der Waals surface area contributed by atoms with Crippen molar-refractivity contribution in [3.05, 3.63) is 64.5 Å². The molecule has 2 rings (SSSR count). The molecule has 0 aliphatic carbocycles. The van der Waals surface area contributed by atoms with E-state index in [1.54, 1.807) is 0 Å². The average Bonchev–Trinajstić information content (AvgIpc) is 2.43. The van der Waals surface area contributed by atoms with Crippen molar-refractivity contribution in [2.45, 2.75) is 46.6 Å². The van der Waals surface area contributed by atoms with Crippen molar-refractivity contribution in [1.29, 1.82) is 0 Å². The van der Waals surface area contributed by atoms with Crippen LogP contribution in [0.1, 0.15) is 47.3 Å². The second kappa shape index (κ2) is 7.37. The number of rotatable bonds is 6. The summed E-state index contributed by atoms with van der Waals surface area (Å²) in [5.41, 5.74) is 6.47. The van der Waals surface area contributed by atoms with Gasteiger partial charge in [-0.2, -0.15) is 0 Å². The van der Waals surface area contributed by atoms with Crippen LogP contribution in [-0.2, 0) is 6.42 Å². The fourth-order valence-electron chi connectivity index (χ4n) is 2.87. The van der Waals surface area contributed by atoms with Crippen molar-refractivity contribution in [1.82, 2.24) is 10.3 Å². The van der Waals surface area contributed by atoms with Gasteiger partial charge in [0.05, 0.1) is 11.7 Å². The zero-order chi connectivity index (χ0) is 15.2. The van der Waals surface area contributed by atoms with E-state index in [9.17, 15) is 0 Å². The summed E-state index contributed by atoms with van der Waals surface area (Å²) in [6.45, 7) is 9.69. The molecule has 0 aliphatic heterocycles. The third-order valence-electron chi connectivity index (χ3n) is 3.74. The predicted octanol–water partition coefficient (Wildman–Crippen LogP) is 4.29. The van der Waals surface area contributed by atoms with Gasteiger partial charge in [0.1, 0.15) is 0 Å². The van der Waals surface area contributed by atoms with E-state index in [0.29, 0.717) is 0 Å². The molecule has 0 bridgehead atoms. The molecule has 0 spiro atoms. The number of aromatic nitrogens is 1. The number of benzene rings is 1. The number of hydrogen-bond acceptors (Lipinski definition) is 2. The van der Waals surface area contributed by atoms with E-state index in [-0.39, 0.29) is 6.04 Å². The van der Waals surface area contributed by atoms with Crippen molar-refractivity contribution in [2.24, 2.45) is 0 Å². The standard InChI is InChI=1S/C19H26N2/c1-5-8-20-18(19-16(4)7-6-9-21-19)13-17-11-14(2)10-15(3)12-17/h6-7,9-12,18,20H,5,8,13H2,1-4H3. The zero-order valence-corrected chi connectivity index (χ0v) is 13.6. The van der Waals surface area contributed by atoms with Gasteiger partial charge in [0.2, 0.25) is 0 Å². The lowest BCUT2D eigenvalue weighted by molar-refractivity contribution is 0.515. The Bertz CT molecular complexity index is 570. The summed E-state index contributed by atoms with van der Waals surface area (Å²) in [4.78, 5) is 4.61. The highest BCUT2D eigenvalue weighted by Crippen LogP contribution is 2.21. The molecule has 2 nitrogen and oxygen atoms in total. The van der Waals surface area contributed by atoms with Gasteiger partial charge in [-0.1, -0.05) is 42.3 Å². The second-order valence-electron chi connectivity index (χ2n) is 5.91. The number of aryl methyl sites for hydroxylation is 3. The largest absolute Gasteiger partial charge is 0.308 e. The maximum atomic E-state index is 4.61. The Morgan fingerprint density at radius 1 is 1.10 bits per heavy atom. The highest BCUT2D eigenvalue weighted by Gasteiger charge is 2.15. The number of nitrogens with zero attached hydrogens (tertiary/aromatic N) is 1. The lowest BCUT2D eigenvalue weighted by Gasteiger charge is -2.20. The summed E-state index contributed by atoms with van der Waals surface area (Å²) in [7, 11) is 0. The van der Waals surface area contributed by atoms with Crippen LogP contribution in [0.5, 0.6) is 0 Å². The molecule has 0 amide bonds. The maximum absolute atomic E-state index is 4.61. The lowest BCUT2D eigenvalue weighted by atomic mass is 9.97. The van der Waals surface area contributed by atoms with Gasteiger partial charge < -0.3 is 5.32 Å². The first-order valence-corrected chi connectivity index (χ1v) is 7.82. The summed E-state index contributed by atoms with van der Waals surface area (Å²) < 4.78 is 0. The van der Waals surface area contributed by atoms with Crippen LogP contribution < -0.4 is 5.32 Å². The Hall–Kier alpha value is -1.67. The van der Waals surface area contributed by atoms with E-state index in [1.165, 1.54) is 27.9 Å². The third-order valence-corrected chi connectivity index (χ3v) is 3.74. The molecule has 2 aromatic rings. The molecule has 1 aromatic carbocycles. The van der Waals surface area contributed by atoms with Crippen molar-refractivity contribution >= 4 is 0 Å². The molecule has 112 valence electrons. The molecule has 0 aliphatic rings. The van der Waals surface area contributed by atoms with Gasteiger partial charge >= 0.3 is 0 Å². The van der Waals surface area contributed by atoms with Gasteiger partial charge in [-0.25, -0.2) is 0 Å². The molecule has 0 fully saturated rings. The van der Waals surface area contributed by atoms with Crippen LogP contribution in [0, 0.1) is 20.8 Å². The van der Waals surface area contributed by atoms with Gasteiger partial charge in [-0.05, 0) is 57.4 Å². The lowest BCUT2D eigenvalue weighted by Crippen LogP contribution is -2.25. The van der Waals surface area contributed by atoms with E-state index in [4.69, 9.17) is 0 Å². The van der Waals surface area contributed by atoms with E-state index >= 15 is 0 Å². The van der Waals surface area contributed by atoms with Crippen LogP contribution in [0.2, 0.25) is 0 Å². The molecule has 1 unspecified atom stereocenters. The monoisotopic (exact) mass is 282 g/mol. The molecule has 0 saturated heterocycles. The topological polar surface area (TPSA) is 24.9 Å². The minimum absolute atomic E-state index is 0.285. The Morgan fingerprint density at radius 2 is 1.81 bits per heavy atom. The molecule has 1 aromatic heterocycles. The molecule has 0 saturated carbocycles. The zero-order valence-electron chi connectivity index (χ0n) is 13.6. The SMILES string of the molecule is CCCNC(Cc1cc(C)cc(C)c1)c1ncccc1C. The summed E-state index contributed by atoms with van der Waals surface area (Å²) >= 11 is 0. The third kappa shape index (κ3) is 4.40. The van der Waals surface area contributed by atoms with Crippen molar-refractivity contribution in [2.75, 3.05) is 6.54 Å². The maximum Gasteiger partial charge on any atom is 0.0605 e. The van der Waals surface area contributed by atoms with E-state index in [1.807, 2.05) is 12.3 Å². The van der Waals surface area contributed by atoms with Gasteiger partial charge in [-0.15, -0.1) is 0 Å². The van der Waals surface area contributed by atoms with Crippen LogP contribution in [0.3, 0.4) is 0 Å². The second-order valence-corrected chi connectivity index (χ2v) is 5.91. The number of hydrogen-bond donors (Lipinski definition) is 1. The van der Waals surface area contributed by atoms with Gasteiger partial charge in [-0.3, -0.25) is 4.98 Å². The molecule has 2 heteroatoms. The molecule has 1 heterocycles. The Kier molecular flexibility index (Phi) is 5.51.